The first-order valence-electron chi connectivity index (χ1n) is 24.8. The van der Waals surface area contributed by atoms with Crippen LogP contribution in [0.5, 0.6) is 0 Å². The van der Waals surface area contributed by atoms with Gasteiger partial charge in [-0.1, -0.05) is 275 Å². The first-order valence-corrected chi connectivity index (χ1v) is 24.8. The van der Waals surface area contributed by atoms with E-state index in [9.17, 15) is 0 Å². The van der Waals surface area contributed by atoms with E-state index in [0.29, 0.717) is 11.1 Å². The zero-order valence-electron chi connectivity index (χ0n) is 39.2. The monoisotopic (exact) mass is 918 g/mol. The van der Waals surface area contributed by atoms with Crippen LogP contribution in [0, 0.1) is 11.6 Å². The van der Waals surface area contributed by atoms with Crippen LogP contribution in [0.15, 0.2) is 255 Å². The highest BCUT2D eigenvalue weighted by Gasteiger charge is 2.33. The lowest BCUT2D eigenvalue weighted by Gasteiger charge is -2.27. The molecule has 0 aromatic heterocycles. The Bertz CT molecular complexity index is 4000. The van der Waals surface area contributed by atoms with Gasteiger partial charge in [0, 0.05) is 11.1 Å². The van der Waals surface area contributed by atoms with Gasteiger partial charge in [-0.15, -0.1) is 0 Å². The van der Waals surface area contributed by atoms with E-state index >= 15 is 8.78 Å². The summed E-state index contributed by atoms with van der Waals surface area (Å²) in [5, 5.41) is 15.3. The molecule has 0 saturated carbocycles. The van der Waals surface area contributed by atoms with Gasteiger partial charge in [-0.05, 0) is 98.7 Å². The van der Waals surface area contributed by atoms with E-state index in [1.165, 1.54) is 21.9 Å². The molecule has 14 rings (SSSR count). The molecule has 0 atom stereocenters. The zero-order valence-corrected chi connectivity index (χ0v) is 39.2. The molecule has 14 aromatic carbocycles. The Morgan fingerprint density at radius 1 is 0.208 bits per heavy atom. The van der Waals surface area contributed by atoms with Gasteiger partial charge in [0.15, 0.2) is 0 Å². The summed E-state index contributed by atoms with van der Waals surface area (Å²) in [5.41, 5.74) is 9.49. The number of benzene rings is 14. The fourth-order valence-corrected chi connectivity index (χ4v) is 12.3. The fourth-order valence-electron chi connectivity index (χ4n) is 12.3. The quantitative estimate of drug-likeness (QED) is 0.105. The van der Waals surface area contributed by atoms with Gasteiger partial charge < -0.3 is 0 Å². The molecule has 334 valence electrons. The van der Waals surface area contributed by atoms with Crippen molar-refractivity contribution in [3.8, 4) is 22.3 Å². The van der Waals surface area contributed by atoms with Crippen LogP contribution in [-0.4, -0.2) is 13.4 Å². The number of fused-ring (bicyclic) bond motifs is 4. The molecular weight excluding hydrogens is 876 g/mol. The van der Waals surface area contributed by atoms with Gasteiger partial charge in [0.25, 0.3) is 0 Å². The summed E-state index contributed by atoms with van der Waals surface area (Å²) in [6.07, 6.45) is 0. The summed E-state index contributed by atoms with van der Waals surface area (Å²) in [6, 6.07) is 88.8. The van der Waals surface area contributed by atoms with Crippen LogP contribution in [0.25, 0.3) is 97.7 Å². The Morgan fingerprint density at radius 2 is 0.486 bits per heavy atom. The predicted octanol–water partition coefficient (Wildman–Crippen LogP) is 13.8. The van der Waals surface area contributed by atoms with Crippen LogP contribution < -0.4 is 32.8 Å². The number of rotatable bonds is 8. The number of hydrogen-bond acceptors (Lipinski definition) is 0. The molecule has 0 spiro atoms. The molecule has 4 heteroatoms. The van der Waals surface area contributed by atoms with E-state index in [1.54, 1.807) is 24.3 Å². The lowest BCUT2D eigenvalue weighted by Crippen LogP contribution is -2.53. The Kier molecular flexibility index (Phi) is 9.89. The second-order valence-electron chi connectivity index (χ2n) is 19.2. The average molecular weight is 919 g/mol. The molecule has 0 heterocycles. The van der Waals surface area contributed by atoms with Crippen molar-refractivity contribution in [2.45, 2.75) is 0 Å². The predicted molar refractivity (Wildman–Crippen MR) is 306 cm³/mol. The van der Waals surface area contributed by atoms with Crippen LogP contribution in [0.1, 0.15) is 0 Å². The van der Waals surface area contributed by atoms with Crippen molar-refractivity contribution in [1.29, 1.82) is 0 Å². The van der Waals surface area contributed by atoms with E-state index in [4.69, 9.17) is 0 Å². The van der Waals surface area contributed by atoms with Gasteiger partial charge in [-0.3, -0.25) is 0 Å². The van der Waals surface area contributed by atoms with Crippen LogP contribution in [0.3, 0.4) is 0 Å². The molecule has 0 aliphatic heterocycles. The number of hydrogen-bond donors (Lipinski definition) is 0. The molecule has 0 aliphatic carbocycles. The SMILES string of the molecule is Fc1ccccc1-c1cc(B(c2cccc3ccccc23)c2cccc3ccccc23)c2ccc3c(B(c4cccc5ccccc45)c4cccc5ccccc45)cc(-c4ccccc4F)c4ccc1c2c34. The molecular formula is C68H42B2F2. The summed E-state index contributed by atoms with van der Waals surface area (Å²) in [6.45, 7) is -0.552. The maximum Gasteiger partial charge on any atom is 0.243 e. The van der Waals surface area contributed by atoms with Gasteiger partial charge in [0.1, 0.15) is 11.6 Å². The van der Waals surface area contributed by atoms with E-state index in [2.05, 4.69) is 206 Å². The molecule has 0 amide bonds. The van der Waals surface area contributed by atoms with Gasteiger partial charge in [-0.2, -0.15) is 0 Å². The largest absolute Gasteiger partial charge is 0.243 e. The van der Waals surface area contributed by atoms with Crippen molar-refractivity contribution in [3.63, 3.8) is 0 Å². The highest BCUT2D eigenvalue weighted by atomic mass is 19.1. The summed E-state index contributed by atoms with van der Waals surface area (Å²) in [4.78, 5) is 0. The second kappa shape index (κ2) is 16.9. The van der Waals surface area contributed by atoms with Crippen LogP contribution in [0.4, 0.5) is 8.78 Å². The molecule has 72 heavy (non-hydrogen) atoms. The first kappa shape index (κ1) is 42.1. The molecule has 0 nitrogen and oxygen atoms in total. The minimum absolute atomic E-state index is 0.276. The lowest BCUT2D eigenvalue weighted by atomic mass is 9.34. The molecule has 14 aromatic rings. The first-order chi connectivity index (χ1) is 35.6. The van der Waals surface area contributed by atoms with Crippen LogP contribution in [-0.2, 0) is 0 Å². The third-order valence-corrected chi connectivity index (χ3v) is 15.5. The minimum atomic E-state index is -0.287. The molecule has 0 radical (unpaired) electrons. The topological polar surface area (TPSA) is 0 Å². The van der Waals surface area contributed by atoms with Gasteiger partial charge >= 0.3 is 0 Å². The van der Waals surface area contributed by atoms with E-state index < -0.39 is 0 Å². The average Bonchev–Trinajstić information content (AvgIpc) is 3.44. The van der Waals surface area contributed by atoms with Crippen molar-refractivity contribution in [3.05, 3.63) is 266 Å². The van der Waals surface area contributed by atoms with Gasteiger partial charge in [0.2, 0.25) is 13.4 Å². The van der Waals surface area contributed by atoms with Gasteiger partial charge in [0.05, 0.1) is 0 Å². The summed E-state index contributed by atoms with van der Waals surface area (Å²) < 4.78 is 33.6. The van der Waals surface area contributed by atoms with Crippen molar-refractivity contribution >= 4 is 122 Å². The molecule has 0 bridgehead atoms. The Hall–Kier alpha value is -8.85. The molecule has 0 fully saturated rings. The third kappa shape index (κ3) is 6.60. The summed E-state index contributed by atoms with van der Waals surface area (Å²) in [5.74, 6) is -0.574. The highest BCUT2D eigenvalue weighted by molar-refractivity contribution is 7.00. The maximum atomic E-state index is 16.8. The standard InChI is InChI=1S/C68H42B2F2/c71-65-35-11-9-29-51(65)57-41-63(69(59-31-13-21-43-17-1-5-25-47(43)59)60-32-14-22-44-18-2-6-26-48(44)60)55-39-40-56-64(42-58(52-30-10-12-36-66(52)72)54-38-37-53(57)67(55)68(54)56)70(61-33-15-23-45-19-3-7-27-49(45)61)62-34-16-24-46-20-4-8-28-50(46)62/h1-42H. The number of halogens is 2. The third-order valence-electron chi connectivity index (χ3n) is 15.5. The van der Waals surface area contributed by atoms with Gasteiger partial charge in [-0.25, -0.2) is 8.78 Å². The van der Waals surface area contributed by atoms with Crippen molar-refractivity contribution in [2.24, 2.45) is 0 Å². The summed E-state index contributed by atoms with van der Waals surface area (Å²) >= 11 is 0. The highest BCUT2D eigenvalue weighted by Crippen LogP contribution is 2.43. The zero-order chi connectivity index (χ0) is 47.9. The Balaban J connectivity index is 1.19. The van der Waals surface area contributed by atoms with Crippen molar-refractivity contribution in [1.82, 2.24) is 0 Å². The second-order valence-corrected chi connectivity index (χ2v) is 19.2. The minimum Gasteiger partial charge on any atom is -0.206 e. The Morgan fingerprint density at radius 3 is 0.819 bits per heavy atom. The molecule has 0 saturated heterocycles. The van der Waals surface area contributed by atoms with Crippen molar-refractivity contribution < 1.29 is 8.78 Å². The van der Waals surface area contributed by atoms with Crippen LogP contribution >= 0.6 is 0 Å². The van der Waals surface area contributed by atoms with E-state index in [0.717, 1.165) is 97.5 Å². The normalized spacial score (nSPS) is 11.8. The lowest BCUT2D eigenvalue weighted by molar-refractivity contribution is 0.631. The smallest absolute Gasteiger partial charge is 0.206 e. The van der Waals surface area contributed by atoms with Crippen molar-refractivity contribution in [2.75, 3.05) is 0 Å². The molecule has 0 aliphatic rings. The van der Waals surface area contributed by atoms with E-state index in [-0.39, 0.29) is 25.1 Å². The summed E-state index contributed by atoms with van der Waals surface area (Å²) in [7, 11) is 0. The molecule has 0 N–H and O–H groups in total. The molecule has 0 unspecified atom stereocenters. The fraction of sp³-hybridized carbons (Fsp3) is 0. The maximum absolute atomic E-state index is 16.8. The van der Waals surface area contributed by atoms with E-state index in [1.807, 2.05) is 24.3 Å². The van der Waals surface area contributed by atoms with Crippen LogP contribution in [0.2, 0.25) is 0 Å². The Labute approximate surface area is 417 Å².